The highest BCUT2D eigenvalue weighted by Gasteiger charge is 2.30. The molecule has 2 N–H and O–H groups in total. The predicted molar refractivity (Wildman–Crippen MR) is 83.9 cm³/mol. The number of nitrogens with zero attached hydrogens (tertiary/aromatic N) is 3. The molecule has 2 aromatic carbocycles. The van der Waals surface area contributed by atoms with Crippen LogP contribution in [-0.2, 0) is 6.18 Å². The number of benzene rings is 2. The van der Waals surface area contributed by atoms with Gasteiger partial charge in [-0.05, 0) is 29.4 Å². The van der Waals surface area contributed by atoms with Crippen molar-refractivity contribution in [1.82, 2.24) is 9.78 Å². The van der Waals surface area contributed by atoms with Gasteiger partial charge in [-0.3, -0.25) is 0 Å². The van der Waals surface area contributed by atoms with Crippen LogP contribution in [0.4, 0.5) is 24.7 Å². The molecule has 0 amide bonds. The fourth-order valence-electron chi connectivity index (χ4n) is 2.29. The van der Waals surface area contributed by atoms with E-state index in [0.29, 0.717) is 11.3 Å². The fraction of sp³-hybridized carbons (Fsp3) is 0.0625. The van der Waals surface area contributed by atoms with Gasteiger partial charge in [0.25, 0.3) is 0 Å². The Bertz CT molecular complexity index is 871. The Hall–Kier alpha value is -3.16. The Kier molecular flexibility index (Phi) is 3.80. The average molecular weight is 332 g/mol. The average Bonchev–Trinajstić information content (AvgIpc) is 2.91. The summed E-state index contributed by atoms with van der Waals surface area (Å²) in [4.78, 5) is 11.1. The summed E-state index contributed by atoms with van der Waals surface area (Å²) in [6.45, 7) is 0. The first-order valence-electron chi connectivity index (χ1n) is 6.86. The van der Waals surface area contributed by atoms with E-state index in [9.17, 15) is 18.1 Å². The lowest BCUT2D eigenvalue weighted by molar-refractivity contribution is -0.137. The molecule has 0 aliphatic heterocycles. The zero-order chi connectivity index (χ0) is 17.3. The first-order chi connectivity index (χ1) is 11.4. The minimum Gasteiger partial charge on any atom is -0.382 e. The molecule has 3 aromatic rings. The molecule has 5 nitrogen and oxygen atoms in total. The van der Waals surface area contributed by atoms with Gasteiger partial charge >= 0.3 is 6.18 Å². The van der Waals surface area contributed by atoms with Crippen LogP contribution < -0.4 is 5.73 Å². The lowest BCUT2D eigenvalue weighted by Gasteiger charge is -2.08. The standard InChI is InChI=1S/C16H11F3N4O/c17-16(18,19)11-6-8-12(9-7-11)23-15(20)14(22-24)13(21-23)10-4-2-1-3-5-10/h1-9H,20H2. The van der Waals surface area contributed by atoms with Crippen LogP contribution in [0.15, 0.2) is 59.8 Å². The molecule has 0 bridgehead atoms. The Morgan fingerprint density at radius 3 is 2.17 bits per heavy atom. The van der Waals surface area contributed by atoms with E-state index in [4.69, 9.17) is 5.73 Å². The van der Waals surface area contributed by atoms with Crippen LogP contribution in [0.1, 0.15) is 5.56 Å². The highest BCUT2D eigenvalue weighted by Crippen LogP contribution is 2.36. The highest BCUT2D eigenvalue weighted by molar-refractivity contribution is 5.80. The maximum Gasteiger partial charge on any atom is 0.416 e. The first kappa shape index (κ1) is 15.7. The van der Waals surface area contributed by atoms with Gasteiger partial charge in [0, 0.05) is 5.56 Å². The SMILES string of the molecule is Nc1c(N=O)c(-c2ccccc2)nn1-c1ccc(C(F)(F)F)cc1. The van der Waals surface area contributed by atoms with Crippen LogP contribution in [0.25, 0.3) is 16.9 Å². The fourth-order valence-corrected chi connectivity index (χ4v) is 2.29. The monoisotopic (exact) mass is 332 g/mol. The zero-order valence-electron chi connectivity index (χ0n) is 12.2. The maximum atomic E-state index is 12.6. The molecule has 0 saturated carbocycles. The Labute approximate surface area is 134 Å². The molecule has 0 atom stereocenters. The number of halogens is 3. The van der Waals surface area contributed by atoms with Gasteiger partial charge in [0.15, 0.2) is 11.5 Å². The summed E-state index contributed by atoms with van der Waals surface area (Å²) in [5.41, 5.74) is 6.25. The molecule has 3 rings (SSSR count). The van der Waals surface area contributed by atoms with Crippen LogP contribution in [0.5, 0.6) is 0 Å². The van der Waals surface area contributed by atoms with E-state index in [1.807, 2.05) is 0 Å². The number of aromatic nitrogens is 2. The van der Waals surface area contributed by atoms with Gasteiger partial charge in [-0.2, -0.15) is 18.3 Å². The van der Waals surface area contributed by atoms with Gasteiger partial charge in [0.05, 0.1) is 11.3 Å². The molecule has 0 saturated heterocycles. The van der Waals surface area contributed by atoms with Crippen LogP contribution in [0.2, 0.25) is 0 Å². The molecular formula is C16H11F3N4O. The lowest BCUT2D eigenvalue weighted by atomic mass is 10.1. The second-order valence-electron chi connectivity index (χ2n) is 5.00. The number of anilines is 1. The van der Waals surface area contributed by atoms with E-state index in [0.717, 1.165) is 12.1 Å². The van der Waals surface area contributed by atoms with E-state index < -0.39 is 11.7 Å². The van der Waals surface area contributed by atoms with Crippen molar-refractivity contribution in [1.29, 1.82) is 0 Å². The number of hydrogen-bond donors (Lipinski definition) is 1. The highest BCUT2D eigenvalue weighted by atomic mass is 19.4. The lowest BCUT2D eigenvalue weighted by Crippen LogP contribution is -2.06. The molecule has 24 heavy (non-hydrogen) atoms. The molecule has 0 fully saturated rings. The molecule has 0 aliphatic rings. The molecule has 0 radical (unpaired) electrons. The largest absolute Gasteiger partial charge is 0.416 e. The smallest absolute Gasteiger partial charge is 0.382 e. The summed E-state index contributed by atoms with van der Waals surface area (Å²) in [6.07, 6.45) is -4.43. The molecule has 0 spiro atoms. The van der Waals surface area contributed by atoms with Gasteiger partial charge in [-0.15, -0.1) is 4.91 Å². The van der Waals surface area contributed by atoms with Gasteiger partial charge in [0.2, 0.25) is 0 Å². The van der Waals surface area contributed by atoms with E-state index in [-0.39, 0.29) is 17.2 Å². The Morgan fingerprint density at radius 2 is 1.62 bits per heavy atom. The molecule has 8 heteroatoms. The molecule has 1 aromatic heterocycles. The van der Waals surface area contributed by atoms with Gasteiger partial charge < -0.3 is 5.73 Å². The molecule has 122 valence electrons. The normalized spacial score (nSPS) is 11.5. The van der Waals surface area contributed by atoms with Gasteiger partial charge in [-0.1, -0.05) is 30.3 Å². The molecule has 0 unspecified atom stereocenters. The number of rotatable bonds is 3. The summed E-state index contributed by atoms with van der Waals surface area (Å²) >= 11 is 0. The number of nitrogen functional groups attached to an aromatic ring is 1. The Morgan fingerprint density at radius 1 is 1.00 bits per heavy atom. The number of hydrogen-bond acceptors (Lipinski definition) is 4. The van der Waals surface area contributed by atoms with Crippen molar-refractivity contribution in [3.63, 3.8) is 0 Å². The maximum absolute atomic E-state index is 12.6. The van der Waals surface area contributed by atoms with Gasteiger partial charge in [-0.25, -0.2) is 4.68 Å². The van der Waals surface area contributed by atoms with Crippen molar-refractivity contribution >= 4 is 11.5 Å². The second kappa shape index (κ2) is 5.80. The minimum atomic E-state index is -4.43. The third kappa shape index (κ3) is 2.73. The number of nitroso groups, excluding NO2 is 1. The van der Waals surface area contributed by atoms with Crippen molar-refractivity contribution in [3.8, 4) is 16.9 Å². The van der Waals surface area contributed by atoms with Crippen molar-refractivity contribution in [3.05, 3.63) is 65.1 Å². The van der Waals surface area contributed by atoms with Crippen LogP contribution in [0.3, 0.4) is 0 Å². The summed E-state index contributed by atoms with van der Waals surface area (Å²) in [7, 11) is 0. The molecule has 0 aliphatic carbocycles. The van der Waals surface area contributed by atoms with Crippen LogP contribution in [-0.4, -0.2) is 9.78 Å². The minimum absolute atomic E-state index is 0.0383. The van der Waals surface area contributed by atoms with Gasteiger partial charge in [0.1, 0.15) is 5.69 Å². The van der Waals surface area contributed by atoms with E-state index in [1.165, 1.54) is 16.8 Å². The predicted octanol–water partition coefficient (Wildman–Crippen LogP) is 4.54. The topological polar surface area (TPSA) is 73.3 Å². The van der Waals surface area contributed by atoms with Crippen molar-refractivity contribution in [2.24, 2.45) is 5.18 Å². The number of nitrogens with two attached hydrogens (primary N) is 1. The van der Waals surface area contributed by atoms with Crippen LogP contribution >= 0.6 is 0 Å². The van der Waals surface area contributed by atoms with E-state index >= 15 is 0 Å². The zero-order valence-corrected chi connectivity index (χ0v) is 12.2. The van der Waals surface area contributed by atoms with Crippen LogP contribution in [0, 0.1) is 4.91 Å². The summed E-state index contributed by atoms with van der Waals surface area (Å²) in [6, 6.07) is 13.1. The second-order valence-corrected chi connectivity index (χ2v) is 5.00. The Balaban J connectivity index is 2.09. The van der Waals surface area contributed by atoms with E-state index in [2.05, 4.69) is 10.3 Å². The van der Waals surface area contributed by atoms with Crippen molar-refractivity contribution < 1.29 is 13.2 Å². The van der Waals surface area contributed by atoms with E-state index in [1.54, 1.807) is 30.3 Å². The molecular weight excluding hydrogens is 321 g/mol. The first-order valence-corrected chi connectivity index (χ1v) is 6.86. The molecule has 1 heterocycles. The third-order valence-corrected chi connectivity index (χ3v) is 3.47. The van der Waals surface area contributed by atoms with Crippen molar-refractivity contribution in [2.75, 3.05) is 5.73 Å². The quantitative estimate of drug-likeness (QED) is 0.716. The summed E-state index contributed by atoms with van der Waals surface area (Å²) in [5.74, 6) is -0.0383. The third-order valence-electron chi connectivity index (χ3n) is 3.47. The summed E-state index contributed by atoms with van der Waals surface area (Å²) < 4.78 is 39.1. The van der Waals surface area contributed by atoms with Crippen molar-refractivity contribution in [2.45, 2.75) is 6.18 Å². The summed E-state index contributed by atoms with van der Waals surface area (Å²) in [5, 5.41) is 7.14. The number of alkyl halides is 3.